The fourth-order valence-electron chi connectivity index (χ4n) is 1.95. The molecule has 110 valence electrons. The maximum absolute atomic E-state index is 11.3. The Morgan fingerprint density at radius 2 is 2.00 bits per heavy atom. The van der Waals surface area contributed by atoms with Crippen LogP contribution in [0.3, 0.4) is 0 Å². The van der Waals surface area contributed by atoms with E-state index < -0.39 is 9.84 Å². The van der Waals surface area contributed by atoms with Gasteiger partial charge in [-0.15, -0.1) is 0 Å². The molecular weight excluding hydrogens is 410 g/mol. The normalized spacial score (nSPS) is 20.2. The van der Waals surface area contributed by atoms with Crippen molar-refractivity contribution in [1.82, 2.24) is 5.32 Å². The summed E-state index contributed by atoms with van der Waals surface area (Å²) in [7, 11) is -3.01. The summed E-state index contributed by atoms with van der Waals surface area (Å²) < 4.78 is 29.9. The van der Waals surface area contributed by atoms with Gasteiger partial charge in [-0.2, -0.15) is 0 Å². The summed E-state index contributed by atoms with van der Waals surface area (Å²) in [5, 5.41) is 4.48. The molecule has 0 aliphatic carbocycles. The van der Waals surface area contributed by atoms with E-state index in [1.807, 2.05) is 19.1 Å². The van der Waals surface area contributed by atoms with Crippen LogP contribution in [0.5, 0.6) is 5.75 Å². The van der Waals surface area contributed by atoms with Crippen LogP contribution in [0.15, 0.2) is 32.6 Å². The highest BCUT2D eigenvalue weighted by Crippen LogP contribution is 2.34. The first kappa shape index (κ1) is 16.0. The maximum atomic E-state index is 11.3. The molecule has 4 nitrogen and oxygen atoms in total. The Balaban J connectivity index is 2.02. The summed E-state index contributed by atoms with van der Waals surface area (Å²) in [6.07, 6.45) is 1.69. The van der Waals surface area contributed by atoms with Gasteiger partial charge in [0, 0.05) is 18.0 Å². The lowest BCUT2D eigenvalue weighted by atomic mass is 10.2. The van der Waals surface area contributed by atoms with Gasteiger partial charge in [0.25, 0.3) is 0 Å². The number of ether oxygens (including phenoxy) is 1. The SMILES string of the molecule is CCOc1c(Br)cc(CNC2C=CS(=O)(=O)C2)cc1Br. The van der Waals surface area contributed by atoms with Crippen molar-refractivity contribution in [2.45, 2.75) is 19.5 Å². The van der Waals surface area contributed by atoms with E-state index in [-0.39, 0.29) is 11.8 Å². The Hall–Kier alpha value is -0.370. The second-order valence-electron chi connectivity index (χ2n) is 4.47. The molecule has 0 bridgehead atoms. The van der Waals surface area contributed by atoms with E-state index in [0.29, 0.717) is 13.2 Å². The first-order chi connectivity index (χ1) is 9.41. The molecule has 1 unspecified atom stereocenters. The molecule has 0 saturated heterocycles. The smallest absolute Gasteiger partial charge is 0.173 e. The second-order valence-corrected chi connectivity index (χ2v) is 8.11. The third-order valence-electron chi connectivity index (χ3n) is 2.85. The Morgan fingerprint density at radius 1 is 1.35 bits per heavy atom. The number of sulfone groups is 1. The maximum Gasteiger partial charge on any atom is 0.173 e. The molecule has 0 spiro atoms. The molecule has 1 aliphatic heterocycles. The topological polar surface area (TPSA) is 55.4 Å². The molecular formula is C13H15Br2NO3S. The molecule has 2 rings (SSSR count). The molecule has 0 aromatic heterocycles. The number of rotatable bonds is 5. The Bertz CT molecular complexity index is 605. The van der Waals surface area contributed by atoms with Gasteiger partial charge in [-0.25, -0.2) is 8.42 Å². The molecule has 1 heterocycles. The zero-order chi connectivity index (χ0) is 14.8. The summed E-state index contributed by atoms with van der Waals surface area (Å²) in [6, 6.07) is 3.82. The Labute approximate surface area is 135 Å². The standard InChI is InChI=1S/C13H15Br2NO3S/c1-2-19-13-11(14)5-9(6-12(13)15)7-16-10-3-4-20(17,18)8-10/h3-6,10,16H,2,7-8H2,1H3. The van der Waals surface area contributed by atoms with Crippen LogP contribution in [-0.4, -0.2) is 26.8 Å². The van der Waals surface area contributed by atoms with E-state index in [2.05, 4.69) is 37.2 Å². The quantitative estimate of drug-likeness (QED) is 0.789. The zero-order valence-electron chi connectivity index (χ0n) is 10.9. The highest BCUT2D eigenvalue weighted by molar-refractivity contribution is 9.11. The third kappa shape index (κ3) is 4.07. The summed E-state index contributed by atoms with van der Waals surface area (Å²) in [6.45, 7) is 3.12. The lowest BCUT2D eigenvalue weighted by molar-refractivity contribution is 0.336. The van der Waals surface area contributed by atoms with Crippen molar-refractivity contribution in [3.63, 3.8) is 0 Å². The minimum atomic E-state index is -3.01. The molecule has 0 amide bonds. The molecule has 1 aromatic rings. The minimum absolute atomic E-state index is 0.121. The average molecular weight is 425 g/mol. The van der Waals surface area contributed by atoms with Crippen LogP contribution in [0.4, 0.5) is 0 Å². The van der Waals surface area contributed by atoms with Gasteiger partial charge in [-0.05, 0) is 56.5 Å². The number of benzene rings is 1. The van der Waals surface area contributed by atoms with E-state index in [1.54, 1.807) is 6.08 Å². The molecule has 0 saturated carbocycles. The van der Waals surface area contributed by atoms with Gasteiger partial charge in [-0.1, -0.05) is 6.08 Å². The van der Waals surface area contributed by atoms with Gasteiger partial charge in [0.15, 0.2) is 9.84 Å². The lowest BCUT2D eigenvalue weighted by Crippen LogP contribution is -2.29. The molecule has 0 fully saturated rings. The first-order valence-corrected chi connectivity index (χ1v) is 9.46. The van der Waals surface area contributed by atoms with Crippen molar-refractivity contribution in [2.75, 3.05) is 12.4 Å². The average Bonchev–Trinajstić information content (AvgIpc) is 2.71. The summed E-state index contributed by atoms with van der Waals surface area (Å²) in [5.74, 6) is 0.909. The van der Waals surface area contributed by atoms with Crippen LogP contribution in [0.1, 0.15) is 12.5 Å². The van der Waals surface area contributed by atoms with Gasteiger partial charge in [0.05, 0.1) is 21.3 Å². The van der Waals surface area contributed by atoms with Crippen molar-refractivity contribution in [3.05, 3.63) is 38.1 Å². The zero-order valence-corrected chi connectivity index (χ0v) is 14.9. The third-order valence-corrected chi connectivity index (χ3v) is 5.42. The van der Waals surface area contributed by atoms with Crippen molar-refractivity contribution >= 4 is 41.7 Å². The van der Waals surface area contributed by atoms with E-state index in [4.69, 9.17) is 4.74 Å². The molecule has 1 aliphatic rings. The predicted molar refractivity (Wildman–Crippen MR) is 86.6 cm³/mol. The summed E-state index contributed by atoms with van der Waals surface area (Å²) in [5.41, 5.74) is 1.05. The molecule has 1 N–H and O–H groups in total. The van der Waals surface area contributed by atoms with E-state index in [9.17, 15) is 8.42 Å². The van der Waals surface area contributed by atoms with Crippen LogP contribution in [0.25, 0.3) is 0 Å². The fourth-order valence-corrected chi connectivity index (χ4v) is 4.73. The highest BCUT2D eigenvalue weighted by atomic mass is 79.9. The highest BCUT2D eigenvalue weighted by Gasteiger charge is 2.21. The summed E-state index contributed by atoms with van der Waals surface area (Å²) >= 11 is 6.96. The Kier molecular flexibility index (Phi) is 5.28. The molecule has 1 aromatic carbocycles. The van der Waals surface area contributed by atoms with Crippen LogP contribution in [0.2, 0.25) is 0 Å². The van der Waals surface area contributed by atoms with Crippen molar-refractivity contribution in [3.8, 4) is 5.75 Å². The van der Waals surface area contributed by atoms with Crippen molar-refractivity contribution in [1.29, 1.82) is 0 Å². The molecule has 20 heavy (non-hydrogen) atoms. The lowest BCUT2D eigenvalue weighted by Gasteiger charge is -2.13. The van der Waals surface area contributed by atoms with Crippen LogP contribution < -0.4 is 10.1 Å². The largest absolute Gasteiger partial charge is 0.492 e. The summed E-state index contributed by atoms with van der Waals surface area (Å²) in [4.78, 5) is 0. The van der Waals surface area contributed by atoms with Crippen molar-refractivity contribution in [2.24, 2.45) is 0 Å². The van der Waals surface area contributed by atoms with Gasteiger partial charge in [-0.3, -0.25) is 0 Å². The molecule has 0 radical (unpaired) electrons. The minimum Gasteiger partial charge on any atom is -0.492 e. The van der Waals surface area contributed by atoms with E-state index in [0.717, 1.165) is 20.3 Å². The van der Waals surface area contributed by atoms with Crippen LogP contribution in [-0.2, 0) is 16.4 Å². The second kappa shape index (κ2) is 6.60. The van der Waals surface area contributed by atoms with Gasteiger partial charge in [0.1, 0.15) is 5.75 Å². The molecule has 7 heteroatoms. The Morgan fingerprint density at radius 3 is 2.50 bits per heavy atom. The number of halogens is 2. The monoisotopic (exact) mass is 423 g/mol. The van der Waals surface area contributed by atoms with Crippen LogP contribution in [0, 0.1) is 0 Å². The van der Waals surface area contributed by atoms with Gasteiger partial charge in [0.2, 0.25) is 0 Å². The van der Waals surface area contributed by atoms with E-state index in [1.165, 1.54) is 5.41 Å². The predicted octanol–water partition coefficient (Wildman–Crippen LogP) is 3.01. The number of hydrogen-bond acceptors (Lipinski definition) is 4. The number of nitrogens with one attached hydrogen (secondary N) is 1. The van der Waals surface area contributed by atoms with Crippen LogP contribution >= 0.6 is 31.9 Å². The molecule has 1 atom stereocenters. The van der Waals surface area contributed by atoms with E-state index >= 15 is 0 Å². The van der Waals surface area contributed by atoms with Crippen molar-refractivity contribution < 1.29 is 13.2 Å². The first-order valence-electron chi connectivity index (χ1n) is 6.16. The van der Waals surface area contributed by atoms with Gasteiger partial charge >= 0.3 is 0 Å². The van der Waals surface area contributed by atoms with Gasteiger partial charge < -0.3 is 10.1 Å². The number of hydrogen-bond donors (Lipinski definition) is 1. The fraction of sp³-hybridized carbons (Fsp3) is 0.385.